The van der Waals surface area contributed by atoms with Crippen LogP contribution in [0, 0.1) is 17.8 Å². The van der Waals surface area contributed by atoms with Gasteiger partial charge in [0.15, 0.2) is 0 Å². The molecule has 3 nitrogen and oxygen atoms in total. The first kappa shape index (κ1) is 16.1. The molecule has 0 saturated heterocycles. The highest BCUT2D eigenvalue weighted by atomic mass is 16.6. The van der Waals surface area contributed by atoms with Crippen LogP contribution in [0.25, 0.3) is 0 Å². The predicted molar refractivity (Wildman–Crippen MR) is 68.6 cm³/mol. The molecule has 3 heteroatoms. The van der Waals surface area contributed by atoms with E-state index in [1.165, 1.54) is 0 Å². The van der Waals surface area contributed by atoms with Gasteiger partial charge in [-0.05, 0) is 26.7 Å². The molecular weight excluding hydrogens is 216 g/mol. The van der Waals surface area contributed by atoms with Gasteiger partial charge in [-0.25, -0.2) is 0 Å². The lowest BCUT2D eigenvalue weighted by molar-refractivity contribution is -0.158. The molecule has 0 aromatic rings. The van der Waals surface area contributed by atoms with Crippen molar-refractivity contribution in [1.29, 1.82) is 0 Å². The lowest BCUT2D eigenvalue weighted by atomic mass is 9.84. The third-order valence-corrected chi connectivity index (χ3v) is 2.55. The third kappa shape index (κ3) is 6.44. The van der Waals surface area contributed by atoms with Crippen LogP contribution in [0.15, 0.2) is 0 Å². The van der Waals surface area contributed by atoms with E-state index in [2.05, 4.69) is 0 Å². The highest BCUT2D eigenvalue weighted by molar-refractivity contribution is 5.87. The molecule has 100 valence electrons. The Morgan fingerprint density at radius 3 is 1.82 bits per heavy atom. The number of Topliss-reactive ketones (excluding diaryl/α,β-unsaturated/α-hetero) is 1. The Balaban J connectivity index is 4.57. The van der Waals surface area contributed by atoms with Crippen LogP contribution in [-0.4, -0.2) is 17.4 Å². The Kier molecular flexibility index (Phi) is 5.86. The van der Waals surface area contributed by atoms with Crippen LogP contribution in [0.2, 0.25) is 0 Å². The number of carbonyl (C=O) groups excluding carboxylic acids is 2. The Hall–Kier alpha value is -0.860. The van der Waals surface area contributed by atoms with E-state index in [-0.39, 0.29) is 35.9 Å². The van der Waals surface area contributed by atoms with Crippen LogP contribution in [-0.2, 0) is 14.3 Å². The van der Waals surface area contributed by atoms with Crippen molar-refractivity contribution in [3.63, 3.8) is 0 Å². The Morgan fingerprint density at radius 1 is 1.06 bits per heavy atom. The lowest BCUT2D eigenvalue weighted by Gasteiger charge is -2.24. The molecule has 1 atom stereocenters. The number of esters is 1. The van der Waals surface area contributed by atoms with E-state index in [0.717, 1.165) is 0 Å². The summed E-state index contributed by atoms with van der Waals surface area (Å²) >= 11 is 0. The number of hydrogen-bond donors (Lipinski definition) is 0. The van der Waals surface area contributed by atoms with Gasteiger partial charge in [-0.15, -0.1) is 0 Å². The summed E-state index contributed by atoms with van der Waals surface area (Å²) in [4.78, 5) is 23.7. The van der Waals surface area contributed by atoms with Crippen LogP contribution in [0.5, 0.6) is 0 Å². The molecule has 0 aromatic carbocycles. The summed E-state index contributed by atoms with van der Waals surface area (Å²) in [6.45, 7) is 13.2. The Bertz CT molecular complexity index is 272. The fraction of sp³-hybridized carbons (Fsp3) is 0.857. The van der Waals surface area contributed by atoms with Gasteiger partial charge in [0.25, 0.3) is 0 Å². The standard InChI is InChI=1S/C14H26O3/c1-9(2)11(13(16)10(3)4)8-12(15)17-14(5,6)7/h9-11H,8H2,1-7H3. The highest BCUT2D eigenvalue weighted by Crippen LogP contribution is 2.22. The van der Waals surface area contributed by atoms with Gasteiger partial charge in [-0.2, -0.15) is 0 Å². The minimum atomic E-state index is -0.487. The Labute approximate surface area is 105 Å². The van der Waals surface area contributed by atoms with Crippen LogP contribution in [0.1, 0.15) is 54.9 Å². The Morgan fingerprint density at radius 2 is 1.53 bits per heavy atom. The third-order valence-electron chi connectivity index (χ3n) is 2.55. The predicted octanol–water partition coefficient (Wildman–Crippen LogP) is 3.22. The van der Waals surface area contributed by atoms with Gasteiger partial charge in [-0.3, -0.25) is 9.59 Å². The second-order valence-electron chi connectivity index (χ2n) is 6.20. The molecular formula is C14H26O3. The first-order valence-electron chi connectivity index (χ1n) is 6.30. The summed E-state index contributed by atoms with van der Waals surface area (Å²) < 4.78 is 5.26. The zero-order valence-electron chi connectivity index (χ0n) is 12.2. The van der Waals surface area contributed by atoms with E-state index < -0.39 is 5.60 Å². The van der Waals surface area contributed by atoms with Crippen molar-refractivity contribution in [2.24, 2.45) is 17.8 Å². The van der Waals surface area contributed by atoms with Crippen LogP contribution >= 0.6 is 0 Å². The zero-order chi connectivity index (χ0) is 13.8. The van der Waals surface area contributed by atoms with E-state index in [1.54, 1.807) is 0 Å². The largest absolute Gasteiger partial charge is 0.460 e. The molecule has 0 aliphatic heterocycles. The second kappa shape index (κ2) is 6.18. The van der Waals surface area contributed by atoms with E-state index >= 15 is 0 Å². The quantitative estimate of drug-likeness (QED) is 0.695. The van der Waals surface area contributed by atoms with Crippen LogP contribution < -0.4 is 0 Å². The van der Waals surface area contributed by atoms with Gasteiger partial charge in [-0.1, -0.05) is 27.7 Å². The first-order chi connectivity index (χ1) is 7.54. The molecule has 0 N–H and O–H groups in total. The highest BCUT2D eigenvalue weighted by Gasteiger charge is 2.28. The van der Waals surface area contributed by atoms with E-state index in [0.29, 0.717) is 0 Å². The summed E-state index contributed by atoms with van der Waals surface area (Å²) in [6, 6.07) is 0. The number of carbonyl (C=O) groups is 2. The van der Waals surface area contributed by atoms with Crippen molar-refractivity contribution in [3.8, 4) is 0 Å². The molecule has 0 aromatic heterocycles. The monoisotopic (exact) mass is 242 g/mol. The average Bonchev–Trinajstić information content (AvgIpc) is 2.09. The topological polar surface area (TPSA) is 43.4 Å². The molecule has 0 saturated carbocycles. The van der Waals surface area contributed by atoms with E-state index in [9.17, 15) is 9.59 Å². The molecule has 0 heterocycles. The fourth-order valence-corrected chi connectivity index (χ4v) is 1.66. The summed E-state index contributed by atoms with van der Waals surface area (Å²) in [5.41, 5.74) is -0.487. The number of ether oxygens (including phenoxy) is 1. The van der Waals surface area contributed by atoms with Crippen molar-refractivity contribution in [3.05, 3.63) is 0 Å². The minimum absolute atomic E-state index is 0.0372. The molecule has 1 unspecified atom stereocenters. The maximum absolute atomic E-state index is 12.0. The van der Waals surface area contributed by atoms with Gasteiger partial charge >= 0.3 is 5.97 Å². The smallest absolute Gasteiger partial charge is 0.307 e. The molecule has 0 fully saturated rings. The van der Waals surface area contributed by atoms with Gasteiger partial charge in [0, 0.05) is 11.8 Å². The molecule has 0 bridgehead atoms. The van der Waals surface area contributed by atoms with Gasteiger partial charge in [0.2, 0.25) is 0 Å². The average molecular weight is 242 g/mol. The summed E-state index contributed by atoms with van der Waals surface area (Å²) in [5.74, 6) is -0.247. The number of rotatable bonds is 5. The van der Waals surface area contributed by atoms with Crippen molar-refractivity contribution in [2.45, 2.75) is 60.5 Å². The summed E-state index contributed by atoms with van der Waals surface area (Å²) in [6.07, 6.45) is 0.186. The van der Waals surface area contributed by atoms with E-state index in [1.807, 2.05) is 48.5 Å². The maximum atomic E-state index is 12.0. The fourth-order valence-electron chi connectivity index (χ4n) is 1.66. The van der Waals surface area contributed by atoms with Gasteiger partial charge in [0.1, 0.15) is 11.4 Å². The van der Waals surface area contributed by atoms with Crippen molar-refractivity contribution in [2.75, 3.05) is 0 Å². The molecule has 0 aliphatic rings. The van der Waals surface area contributed by atoms with Gasteiger partial charge in [0.05, 0.1) is 6.42 Å². The maximum Gasteiger partial charge on any atom is 0.307 e. The SMILES string of the molecule is CC(C)C(=O)C(CC(=O)OC(C)(C)C)C(C)C. The molecule has 0 radical (unpaired) electrons. The van der Waals surface area contributed by atoms with E-state index in [4.69, 9.17) is 4.74 Å². The van der Waals surface area contributed by atoms with Crippen molar-refractivity contribution < 1.29 is 14.3 Å². The molecule has 0 spiro atoms. The van der Waals surface area contributed by atoms with Gasteiger partial charge < -0.3 is 4.74 Å². The summed E-state index contributed by atoms with van der Waals surface area (Å²) in [5, 5.41) is 0. The minimum Gasteiger partial charge on any atom is -0.460 e. The summed E-state index contributed by atoms with van der Waals surface area (Å²) in [7, 11) is 0. The van der Waals surface area contributed by atoms with Crippen molar-refractivity contribution >= 4 is 11.8 Å². The number of hydrogen-bond acceptors (Lipinski definition) is 3. The van der Waals surface area contributed by atoms with Crippen LogP contribution in [0.3, 0.4) is 0 Å². The van der Waals surface area contributed by atoms with Crippen molar-refractivity contribution in [1.82, 2.24) is 0 Å². The second-order valence-corrected chi connectivity index (χ2v) is 6.20. The normalized spacial score (nSPS) is 13.9. The zero-order valence-corrected chi connectivity index (χ0v) is 12.2. The molecule has 0 aliphatic carbocycles. The lowest BCUT2D eigenvalue weighted by Crippen LogP contribution is -2.31. The molecule has 17 heavy (non-hydrogen) atoms. The molecule has 0 amide bonds. The number of ketones is 1. The first-order valence-corrected chi connectivity index (χ1v) is 6.30. The molecule has 0 rings (SSSR count). The van der Waals surface area contributed by atoms with Crippen LogP contribution in [0.4, 0.5) is 0 Å².